The first-order chi connectivity index (χ1) is 13.2. The summed E-state index contributed by atoms with van der Waals surface area (Å²) >= 11 is 0. The van der Waals surface area contributed by atoms with Gasteiger partial charge in [0.15, 0.2) is 0 Å². The number of piperidine rings is 1. The predicted molar refractivity (Wildman–Crippen MR) is 107 cm³/mol. The maximum absolute atomic E-state index is 10.2. The summed E-state index contributed by atoms with van der Waals surface area (Å²) < 4.78 is 11.4. The third-order valence-electron chi connectivity index (χ3n) is 5.65. The molecule has 0 saturated carbocycles. The Kier molecular flexibility index (Phi) is 5.19. The third-order valence-corrected chi connectivity index (χ3v) is 5.65. The Morgan fingerprint density at radius 3 is 2.85 bits per heavy atom. The third kappa shape index (κ3) is 4.02. The largest absolute Gasteiger partial charge is 0.497 e. The molecular formula is C23H27NO3. The molecule has 0 radical (unpaired) electrons. The van der Waals surface area contributed by atoms with Crippen LogP contribution in [0.1, 0.15) is 24.2 Å². The predicted octanol–water partition coefficient (Wildman–Crippen LogP) is 4.26. The number of fused-ring (bicyclic) bond motifs is 1. The fraction of sp³-hybridized carbons (Fsp3) is 0.391. The standard InChI is InChI=1S/C23H27NO3/c1-26-20-8-4-6-18(12-20)14-23(17-25)10-5-11-24(16-23)15-21-13-19-7-2-3-9-22(19)27-21/h2-4,6-9,12-13,25H,5,10-11,14-17H2,1H3. The number of aliphatic hydroxyl groups excluding tert-OH is 1. The van der Waals surface area contributed by atoms with Crippen molar-refractivity contribution < 1.29 is 14.3 Å². The second-order valence-electron chi connectivity index (χ2n) is 7.75. The quantitative estimate of drug-likeness (QED) is 0.709. The van der Waals surface area contributed by atoms with Crippen molar-refractivity contribution in [3.63, 3.8) is 0 Å². The first-order valence-corrected chi connectivity index (χ1v) is 9.63. The molecule has 1 unspecified atom stereocenters. The zero-order chi connectivity index (χ0) is 18.7. The summed E-state index contributed by atoms with van der Waals surface area (Å²) in [7, 11) is 1.69. The molecule has 0 aliphatic carbocycles. The Bertz CT molecular complexity index is 870. The highest BCUT2D eigenvalue weighted by molar-refractivity contribution is 5.77. The molecule has 0 amide bonds. The fourth-order valence-corrected chi connectivity index (χ4v) is 4.32. The van der Waals surface area contributed by atoms with Crippen LogP contribution in [0.5, 0.6) is 5.75 Å². The fourth-order valence-electron chi connectivity index (χ4n) is 4.32. The topological polar surface area (TPSA) is 45.8 Å². The van der Waals surface area contributed by atoms with Crippen molar-refractivity contribution >= 4 is 11.0 Å². The smallest absolute Gasteiger partial charge is 0.134 e. The van der Waals surface area contributed by atoms with Crippen molar-refractivity contribution in [2.24, 2.45) is 5.41 Å². The van der Waals surface area contributed by atoms with Gasteiger partial charge in [0.2, 0.25) is 0 Å². The maximum Gasteiger partial charge on any atom is 0.134 e. The Labute approximate surface area is 160 Å². The SMILES string of the molecule is COc1cccc(CC2(CO)CCCN(Cc3cc4ccccc4o3)C2)c1. The molecule has 1 saturated heterocycles. The van der Waals surface area contributed by atoms with E-state index in [1.54, 1.807) is 7.11 Å². The molecule has 0 spiro atoms. The van der Waals surface area contributed by atoms with Crippen LogP contribution in [0.25, 0.3) is 11.0 Å². The molecule has 142 valence electrons. The Morgan fingerprint density at radius 2 is 2.04 bits per heavy atom. The van der Waals surface area contributed by atoms with Gasteiger partial charge in [-0.1, -0.05) is 30.3 Å². The minimum absolute atomic E-state index is 0.114. The molecule has 3 aromatic rings. The molecular weight excluding hydrogens is 338 g/mol. The summed E-state index contributed by atoms with van der Waals surface area (Å²) in [6, 6.07) is 18.4. The summed E-state index contributed by atoms with van der Waals surface area (Å²) in [4.78, 5) is 2.41. The van der Waals surface area contributed by atoms with Crippen LogP contribution in [-0.2, 0) is 13.0 Å². The van der Waals surface area contributed by atoms with Crippen LogP contribution in [0.4, 0.5) is 0 Å². The lowest BCUT2D eigenvalue weighted by Crippen LogP contribution is -2.46. The molecule has 4 heteroatoms. The summed E-state index contributed by atoms with van der Waals surface area (Å²) in [6.45, 7) is 2.89. The summed E-state index contributed by atoms with van der Waals surface area (Å²) in [5.41, 5.74) is 2.04. The Balaban J connectivity index is 1.49. The lowest BCUT2D eigenvalue weighted by molar-refractivity contribution is 0.0263. The van der Waals surface area contributed by atoms with Gasteiger partial charge in [-0.15, -0.1) is 0 Å². The van der Waals surface area contributed by atoms with Crippen LogP contribution in [0.2, 0.25) is 0 Å². The van der Waals surface area contributed by atoms with E-state index in [0.717, 1.165) is 61.4 Å². The number of ether oxygens (including phenoxy) is 1. The molecule has 1 aliphatic rings. The number of hydrogen-bond donors (Lipinski definition) is 1. The normalized spacial score (nSPS) is 20.8. The highest BCUT2D eigenvalue weighted by atomic mass is 16.5. The van der Waals surface area contributed by atoms with E-state index in [2.05, 4.69) is 29.2 Å². The number of nitrogens with zero attached hydrogens (tertiary/aromatic N) is 1. The van der Waals surface area contributed by atoms with Crippen molar-refractivity contribution in [3.8, 4) is 5.75 Å². The van der Waals surface area contributed by atoms with E-state index >= 15 is 0 Å². The Morgan fingerprint density at radius 1 is 1.15 bits per heavy atom. The summed E-state index contributed by atoms with van der Waals surface area (Å²) in [6.07, 6.45) is 2.99. The summed E-state index contributed by atoms with van der Waals surface area (Å²) in [5.74, 6) is 1.86. The zero-order valence-corrected chi connectivity index (χ0v) is 15.9. The van der Waals surface area contributed by atoms with Gasteiger partial charge in [-0.3, -0.25) is 4.90 Å². The number of rotatable bonds is 6. The van der Waals surface area contributed by atoms with Crippen LogP contribution in [-0.4, -0.2) is 36.8 Å². The second-order valence-corrected chi connectivity index (χ2v) is 7.75. The highest BCUT2D eigenvalue weighted by Crippen LogP contribution is 2.35. The van der Waals surface area contributed by atoms with Gasteiger partial charge in [0.05, 0.1) is 20.3 Å². The van der Waals surface area contributed by atoms with E-state index < -0.39 is 0 Å². The van der Waals surface area contributed by atoms with Gasteiger partial charge in [-0.25, -0.2) is 0 Å². The van der Waals surface area contributed by atoms with Gasteiger partial charge in [0.25, 0.3) is 0 Å². The van der Waals surface area contributed by atoms with Crippen molar-refractivity contribution in [1.29, 1.82) is 0 Å². The first kappa shape index (κ1) is 18.1. The molecule has 1 fully saturated rings. The lowest BCUT2D eigenvalue weighted by atomic mass is 9.75. The molecule has 2 heterocycles. The van der Waals surface area contributed by atoms with Gasteiger partial charge < -0.3 is 14.3 Å². The van der Waals surface area contributed by atoms with Crippen LogP contribution < -0.4 is 4.74 Å². The van der Waals surface area contributed by atoms with Gasteiger partial charge in [-0.05, 0) is 55.6 Å². The minimum atomic E-state index is -0.114. The minimum Gasteiger partial charge on any atom is -0.497 e. The zero-order valence-electron chi connectivity index (χ0n) is 15.9. The van der Waals surface area contributed by atoms with Gasteiger partial charge in [-0.2, -0.15) is 0 Å². The van der Waals surface area contributed by atoms with Crippen molar-refractivity contribution in [3.05, 3.63) is 65.9 Å². The molecule has 27 heavy (non-hydrogen) atoms. The van der Waals surface area contributed by atoms with Gasteiger partial charge >= 0.3 is 0 Å². The van der Waals surface area contributed by atoms with Crippen LogP contribution >= 0.6 is 0 Å². The van der Waals surface area contributed by atoms with Crippen LogP contribution in [0.15, 0.2) is 59.0 Å². The van der Waals surface area contributed by atoms with Gasteiger partial charge in [0.1, 0.15) is 17.1 Å². The van der Waals surface area contributed by atoms with Crippen molar-refractivity contribution in [2.75, 3.05) is 26.8 Å². The van der Waals surface area contributed by atoms with Crippen molar-refractivity contribution in [1.82, 2.24) is 4.90 Å². The highest BCUT2D eigenvalue weighted by Gasteiger charge is 2.35. The van der Waals surface area contributed by atoms with E-state index in [1.165, 1.54) is 5.56 Å². The molecule has 1 N–H and O–H groups in total. The average Bonchev–Trinajstić information content (AvgIpc) is 3.10. The monoisotopic (exact) mass is 365 g/mol. The Hall–Kier alpha value is -2.30. The van der Waals surface area contributed by atoms with Crippen molar-refractivity contribution in [2.45, 2.75) is 25.8 Å². The van der Waals surface area contributed by atoms with E-state index in [-0.39, 0.29) is 12.0 Å². The molecule has 2 aromatic carbocycles. The molecule has 4 nitrogen and oxygen atoms in total. The number of furan rings is 1. The van der Waals surface area contributed by atoms with Gasteiger partial charge in [0, 0.05) is 17.3 Å². The molecule has 4 rings (SSSR count). The summed E-state index contributed by atoms with van der Waals surface area (Å²) in [5, 5.41) is 11.4. The van der Waals surface area contributed by atoms with Crippen LogP contribution in [0, 0.1) is 5.41 Å². The van der Waals surface area contributed by atoms with E-state index in [9.17, 15) is 5.11 Å². The number of para-hydroxylation sites is 1. The number of methoxy groups -OCH3 is 1. The molecule has 0 bridgehead atoms. The van der Waals surface area contributed by atoms with E-state index in [1.807, 2.05) is 30.3 Å². The number of hydrogen-bond acceptors (Lipinski definition) is 4. The number of likely N-dealkylation sites (tertiary alicyclic amines) is 1. The molecule has 1 atom stereocenters. The molecule has 1 aromatic heterocycles. The van der Waals surface area contributed by atoms with E-state index in [0.29, 0.717) is 0 Å². The lowest BCUT2D eigenvalue weighted by Gasteiger charge is -2.41. The number of benzene rings is 2. The van der Waals surface area contributed by atoms with E-state index in [4.69, 9.17) is 9.15 Å². The molecule has 1 aliphatic heterocycles. The van der Waals surface area contributed by atoms with Crippen LogP contribution in [0.3, 0.4) is 0 Å². The number of aliphatic hydroxyl groups is 1. The maximum atomic E-state index is 10.2. The first-order valence-electron chi connectivity index (χ1n) is 9.63. The second kappa shape index (κ2) is 7.75. The average molecular weight is 365 g/mol.